The minimum absolute atomic E-state index is 0.525. The predicted octanol–water partition coefficient (Wildman–Crippen LogP) is 3.73. The van der Waals surface area contributed by atoms with Gasteiger partial charge in [-0.05, 0) is 30.7 Å². The molecule has 1 aliphatic carbocycles. The summed E-state index contributed by atoms with van der Waals surface area (Å²) in [6, 6.07) is 9.47. The number of benzene rings is 1. The van der Waals surface area contributed by atoms with E-state index in [2.05, 4.69) is 6.92 Å². The zero-order chi connectivity index (χ0) is 12.3. The summed E-state index contributed by atoms with van der Waals surface area (Å²) in [5.41, 5.74) is 2.48. The maximum Gasteiger partial charge on any atom is 0.336 e. The molecule has 0 spiro atoms. The number of allylic oxidation sites excluding steroid dienone is 1. The maximum atomic E-state index is 11.4. The van der Waals surface area contributed by atoms with Crippen LogP contribution in [-0.4, -0.2) is 11.1 Å². The van der Waals surface area contributed by atoms with Crippen LogP contribution in [0.1, 0.15) is 38.2 Å². The Kier molecular flexibility index (Phi) is 3.62. The van der Waals surface area contributed by atoms with Gasteiger partial charge < -0.3 is 5.11 Å². The van der Waals surface area contributed by atoms with Crippen LogP contribution in [0.3, 0.4) is 0 Å². The highest BCUT2D eigenvalue weighted by atomic mass is 16.4. The van der Waals surface area contributed by atoms with Gasteiger partial charge in [0.2, 0.25) is 0 Å². The Bertz CT molecular complexity index is 431. The lowest BCUT2D eigenvalue weighted by molar-refractivity contribution is -0.130. The van der Waals surface area contributed by atoms with Crippen LogP contribution in [0.4, 0.5) is 0 Å². The van der Waals surface area contributed by atoms with Crippen molar-refractivity contribution in [1.82, 2.24) is 0 Å². The van der Waals surface area contributed by atoms with E-state index in [1.165, 1.54) is 6.42 Å². The van der Waals surface area contributed by atoms with Crippen LogP contribution in [0, 0.1) is 5.92 Å². The molecular weight excluding hydrogens is 212 g/mol. The molecule has 1 aliphatic rings. The van der Waals surface area contributed by atoms with Gasteiger partial charge in [0.05, 0.1) is 5.57 Å². The van der Waals surface area contributed by atoms with E-state index in [1.807, 2.05) is 30.3 Å². The zero-order valence-electron chi connectivity index (χ0n) is 10.1. The number of carboxylic acids is 1. The van der Waals surface area contributed by atoms with Crippen LogP contribution in [0.25, 0.3) is 5.57 Å². The van der Waals surface area contributed by atoms with Crippen LogP contribution in [0.15, 0.2) is 35.9 Å². The molecule has 1 fully saturated rings. The molecule has 90 valence electrons. The molecule has 0 saturated heterocycles. The Morgan fingerprint density at radius 3 is 2.59 bits per heavy atom. The van der Waals surface area contributed by atoms with Crippen molar-refractivity contribution >= 4 is 11.5 Å². The van der Waals surface area contributed by atoms with E-state index < -0.39 is 5.97 Å². The second kappa shape index (κ2) is 5.17. The first-order valence-corrected chi connectivity index (χ1v) is 6.19. The average Bonchev–Trinajstić information content (AvgIpc) is 2.30. The van der Waals surface area contributed by atoms with Crippen molar-refractivity contribution in [3.05, 3.63) is 41.5 Å². The van der Waals surface area contributed by atoms with E-state index in [-0.39, 0.29) is 0 Å². The normalized spacial score (nSPS) is 23.2. The predicted molar refractivity (Wildman–Crippen MR) is 68.6 cm³/mol. The maximum absolute atomic E-state index is 11.4. The van der Waals surface area contributed by atoms with E-state index in [1.54, 1.807) is 0 Å². The van der Waals surface area contributed by atoms with Crippen molar-refractivity contribution in [2.45, 2.75) is 32.6 Å². The highest BCUT2D eigenvalue weighted by Crippen LogP contribution is 2.33. The van der Waals surface area contributed by atoms with E-state index in [9.17, 15) is 9.90 Å². The summed E-state index contributed by atoms with van der Waals surface area (Å²) in [5, 5.41) is 9.41. The van der Waals surface area contributed by atoms with Crippen molar-refractivity contribution in [1.29, 1.82) is 0 Å². The van der Waals surface area contributed by atoms with Gasteiger partial charge in [0.1, 0.15) is 0 Å². The van der Waals surface area contributed by atoms with Gasteiger partial charge in [-0.25, -0.2) is 4.79 Å². The molecule has 0 heterocycles. The molecule has 0 aromatic heterocycles. The Balaban J connectivity index is 2.41. The molecule has 2 rings (SSSR count). The number of carbonyl (C=O) groups is 1. The fraction of sp³-hybridized carbons (Fsp3) is 0.400. The zero-order valence-corrected chi connectivity index (χ0v) is 10.1. The average molecular weight is 230 g/mol. The van der Waals surface area contributed by atoms with E-state index >= 15 is 0 Å². The van der Waals surface area contributed by atoms with Gasteiger partial charge >= 0.3 is 5.97 Å². The van der Waals surface area contributed by atoms with Gasteiger partial charge in [-0.1, -0.05) is 49.2 Å². The first-order chi connectivity index (χ1) is 8.18. The van der Waals surface area contributed by atoms with Crippen molar-refractivity contribution in [2.24, 2.45) is 5.92 Å². The molecule has 1 N–H and O–H groups in total. The molecule has 0 radical (unpaired) electrons. The van der Waals surface area contributed by atoms with Crippen molar-refractivity contribution in [3.63, 3.8) is 0 Å². The van der Waals surface area contributed by atoms with Crippen LogP contribution in [0.2, 0.25) is 0 Å². The first-order valence-electron chi connectivity index (χ1n) is 6.19. The van der Waals surface area contributed by atoms with E-state index in [4.69, 9.17) is 0 Å². The molecule has 1 aromatic carbocycles. The van der Waals surface area contributed by atoms with Crippen LogP contribution in [0.5, 0.6) is 0 Å². The van der Waals surface area contributed by atoms with Crippen molar-refractivity contribution in [2.75, 3.05) is 0 Å². The monoisotopic (exact) mass is 230 g/mol. The lowest BCUT2D eigenvalue weighted by Crippen LogP contribution is -2.11. The summed E-state index contributed by atoms with van der Waals surface area (Å²) in [7, 11) is 0. The fourth-order valence-electron chi connectivity index (χ4n) is 2.60. The number of hydrogen-bond donors (Lipinski definition) is 1. The quantitative estimate of drug-likeness (QED) is 0.786. The Morgan fingerprint density at radius 1 is 1.29 bits per heavy atom. The molecule has 0 unspecified atom stereocenters. The molecular formula is C15H18O2. The second-order valence-electron chi connectivity index (χ2n) is 4.85. The highest BCUT2D eigenvalue weighted by molar-refractivity contribution is 6.16. The number of aliphatic carboxylic acids is 1. The van der Waals surface area contributed by atoms with Gasteiger partial charge in [0.15, 0.2) is 0 Å². The fourth-order valence-corrected chi connectivity index (χ4v) is 2.60. The van der Waals surface area contributed by atoms with Gasteiger partial charge in [-0.15, -0.1) is 0 Å². The molecule has 1 saturated carbocycles. The lowest BCUT2D eigenvalue weighted by atomic mass is 9.83. The number of carboxylic acid groups (broad SMARTS) is 1. The molecule has 2 nitrogen and oxygen atoms in total. The third-order valence-corrected chi connectivity index (χ3v) is 3.40. The Hall–Kier alpha value is -1.57. The minimum Gasteiger partial charge on any atom is -0.478 e. The molecule has 1 aromatic rings. The van der Waals surface area contributed by atoms with Gasteiger partial charge in [-0.2, -0.15) is 0 Å². The van der Waals surface area contributed by atoms with Gasteiger partial charge in [-0.3, -0.25) is 0 Å². The minimum atomic E-state index is -0.791. The topological polar surface area (TPSA) is 37.3 Å². The van der Waals surface area contributed by atoms with E-state index in [0.717, 1.165) is 30.4 Å². The molecule has 17 heavy (non-hydrogen) atoms. The molecule has 0 bridgehead atoms. The van der Waals surface area contributed by atoms with Crippen LogP contribution in [-0.2, 0) is 4.79 Å². The standard InChI is InChI=1S/C15H18O2/c1-11-6-5-9-13(10-11)14(15(16)17)12-7-3-2-4-8-12/h2-4,7-8,11H,5-6,9-10H2,1H3,(H,16,17)/b14-13+/t11-/m0/s1. The summed E-state index contributed by atoms with van der Waals surface area (Å²) < 4.78 is 0. The summed E-state index contributed by atoms with van der Waals surface area (Å²) in [5.74, 6) is -0.183. The van der Waals surface area contributed by atoms with Crippen molar-refractivity contribution < 1.29 is 9.90 Å². The summed E-state index contributed by atoms with van der Waals surface area (Å²) in [6.07, 6.45) is 4.18. The second-order valence-corrected chi connectivity index (χ2v) is 4.85. The molecule has 2 heteroatoms. The number of hydrogen-bond acceptors (Lipinski definition) is 1. The van der Waals surface area contributed by atoms with Crippen LogP contribution < -0.4 is 0 Å². The highest BCUT2D eigenvalue weighted by Gasteiger charge is 2.21. The smallest absolute Gasteiger partial charge is 0.336 e. The molecule has 0 amide bonds. The van der Waals surface area contributed by atoms with Gasteiger partial charge in [0.25, 0.3) is 0 Å². The van der Waals surface area contributed by atoms with E-state index in [0.29, 0.717) is 11.5 Å². The molecule has 0 aliphatic heterocycles. The lowest BCUT2D eigenvalue weighted by Gasteiger charge is -2.22. The Morgan fingerprint density at radius 2 is 2.00 bits per heavy atom. The summed E-state index contributed by atoms with van der Waals surface area (Å²) in [4.78, 5) is 11.4. The number of rotatable bonds is 2. The summed E-state index contributed by atoms with van der Waals surface area (Å²) in [6.45, 7) is 2.20. The molecule has 1 atom stereocenters. The van der Waals surface area contributed by atoms with Gasteiger partial charge in [0, 0.05) is 0 Å². The Labute approximate surface area is 102 Å². The van der Waals surface area contributed by atoms with Crippen LogP contribution >= 0.6 is 0 Å². The first kappa shape index (κ1) is 11.9. The SMILES string of the molecule is C[C@H]1CCC/C(=C(\C(=O)O)c2ccccc2)C1. The van der Waals surface area contributed by atoms with Crippen molar-refractivity contribution in [3.8, 4) is 0 Å². The third-order valence-electron chi connectivity index (χ3n) is 3.40. The summed E-state index contributed by atoms with van der Waals surface area (Å²) >= 11 is 0. The largest absolute Gasteiger partial charge is 0.478 e. The third kappa shape index (κ3) is 2.76.